The molecule has 1 unspecified atom stereocenters. The molecule has 1 aliphatic rings. The molecule has 0 saturated carbocycles. The summed E-state index contributed by atoms with van der Waals surface area (Å²) in [5, 5.41) is 4.13. The molecular weight excluding hydrogens is 332 g/mol. The van der Waals surface area contributed by atoms with Crippen molar-refractivity contribution in [1.82, 2.24) is 10.2 Å². The number of sulfone groups is 1. The van der Waals surface area contributed by atoms with Gasteiger partial charge in [-0.25, -0.2) is 8.42 Å². The Morgan fingerprint density at radius 2 is 2.13 bits per heavy atom. The highest BCUT2D eigenvalue weighted by Crippen LogP contribution is 2.33. The first kappa shape index (κ1) is 16.4. The van der Waals surface area contributed by atoms with E-state index in [1.165, 1.54) is 17.6 Å². The number of carbonyl (C=O) groups excluding carboxylic acids is 1. The lowest BCUT2D eigenvalue weighted by molar-refractivity contribution is 0.0660. The maximum atomic E-state index is 13.0. The molecular formula is C16H20N2O3S2. The summed E-state index contributed by atoms with van der Waals surface area (Å²) in [5.74, 6) is -0.155. The average molecular weight is 352 g/mol. The van der Waals surface area contributed by atoms with Crippen LogP contribution in [-0.4, -0.2) is 51.2 Å². The van der Waals surface area contributed by atoms with E-state index in [-0.39, 0.29) is 17.7 Å². The summed E-state index contributed by atoms with van der Waals surface area (Å²) in [4.78, 5) is 15.4. The molecule has 124 valence electrons. The maximum Gasteiger partial charge on any atom is 0.264 e. The Labute approximate surface area is 140 Å². The second-order valence-electron chi connectivity index (χ2n) is 6.03. The van der Waals surface area contributed by atoms with Gasteiger partial charge in [-0.05, 0) is 23.9 Å². The van der Waals surface area contributed by atoms with Crippen LogP contribution in [-0.2, 0) is 15.6 Å². The van der Waals surface area contributed by atoms with Crippen LogP contribution in [0.4, 0.5) is 0 Å². The largest absolute Gasteiger partial charge is 0.333 e. The minimum absolute atomic E-state index is 0.0566. The molecule has 5 nitrogen and oxygen atoms in total. The third-order valence-electron chi connectivity index (χ3n) is 4.06. The number of hydrogen-bond acceptors (Lipinski definition) is 5. The molecule has 1 aromatic carbocycles. The second kappa shape index (κ2) is 6.22. The van der Waals surface area contributed by atoms with E-state index in [9.17, 15) is 13.2 Å². The molecule has 1 atom stereocenters. The molecule has 1 fully saturated rings. The van der Waals surface area contributed by atoms with Crippen LogP contribution in [0.1, 0.15) is 22.2 Å². The maximum absolute atomic E-state index is 13.0. The lowest BCUT2D eigenvalue weighted by atomic mass is 10.1. The van der Waals surface area contributed by atoms with Crippen LogP contribution in [0.2, 0.25) is 0 Å². The quantitative estimate of drug-likeness (QED) is 0.916. The monoisotopic (exact) mass is 352 g/mol. The Kier molecular flexibility index (Phi) is 4.44. The van der Waals surface area contributed by atoms with Crippen molar-refractivity contribution >= 4 is 37.2 Å². The summed E-state index contributed by atoms with van der Waals surface area (Å²) in [6.07, 6.45) is 1.21. The van der Waals surface area contributed by atoms with Crippen LogP contribution >= 0.6 is 11.3 Å². The van der Waals surface area contributed by atoms with Gasteiger partial charge >= 0.3 is 0 Å². The van der Waals surface area contributed by atoms with E-state index in [0.29, 0.717) is 17.0 Å². The Bertz CT molecular complexity index is 842. The summed E-state index contributed by atoms with van der Waals surface area (Å²) < 4.78 is 24.6. The predicted octanol–water partition coefficient (Wildman–Crippen LogP) is 1.88. The molecule has 0 spiro atoms. The molecule has 0 aliphatic carbocycles. The van der Waals surface area contributed by atoms with E-state index in [1.807, 2.05) is 36.1 Å². The lowest BCUT2D eigenvalue weighted by Gasteiger charge is -2.33. The van der Waals surface area contributed by atoms with Crippen LogP contribution in [0.15, 0.2) is 24.3 Å². The normalized spacial score (nSPS) is 19.2. The highest BCUT2D eigenvalue weighted by atomic mass is 32.2. The van der Waals surface area contributed by atoms with Crippen LogP contribution in [0.3, 0.4) is 0 Å². The van der Waals surface area contributed by atoms with Crippen molar-refractivity contribution in [2.75, 3.05) is 25.9 Å². The molecule has 1 saturated heterocycles. The molecule has 1 aromatic heterocycles. The summed E-state index contributed by atoms with van der Waals surface area (Å²) in [6.45, 7) is 4.18. The van der Waals surface area contributed by atoms with Gasteiger partial charge in [-0.2, -0.15) is 0 Å². The van der Waals surface area contributed by atoms with Gasteiger partial charge in [-0.15, -0.1) is 11.3 Å². The van der Waals surface area contributed by atoms with Gasteiger partial charge in [0, 0.05) is 36.6 Å². The molecule has 0 bridgehead atoms. The van der Waals surface area contributed by atoms with Crippen molar-refractivity contribution in [3.05, 3.63) is 34.7 Å². The lowest BCUT2D eigenvalue weighted by Crippen LogP contribution is -2.52. The SMILES string of the molecule is CC1CNCCN1C(=O)c1sc2ccccc2c1CS(C)(=O)=O. The molecule has 2 heterocycles. The predicted molar refractivity (Wildman–Crippen MR) is 93.7 cm³/mol. The number of thiophene rings is 1. The van der Waals surface area contributed by atoms with Gasteiger partial charge in [0.05, 0.1) is 10.6 Å². The number of rotatable bonds is 3. The summed E-state index contributed by atoms with van der Waals surface area (Å²) in [6, 6.07) is 7.72. The van der Waals surface area contributed by atoms with Gasteiger partial charge in [0.15, 0.2) is 9.84 Å². The summed E-state index contributed by atoms with van der Waals surface area (Å²) in [5.41, 5.74) is 0.642. The zero-order valence-electron chi connectivity index (χ0n) is 13.2. The minimum atomic E-state index is -3.22. The average Bonchev–Trinajstić information content (AvgIpc) is 2.84. The zero-order chi connectivity index (χ0) is 16.6. The third kappa shape index (κ3) is 3.41. The molecule has 7 heteroatoms. The van der Waals surface area contributed by atoms with Gasteiger partial charge in [-0.1, -0.05) is 18.2 Å². The number of carbonyl (C=O) groups is 1. The molecule has 1 N–H and O–H groups in total. The molecule has 3 rings (SSSR count). The van der Waals surface area contributed by atoms with Crippen molar-refractivity contribution < 1.29 is 13.2 Å². The zero-order valence-corrected chi connectivity index (χ0v) is 14.8. The summed E-state index contributed by atoms with van der Waals surface area (Å²) >= 11 is 1.39. The van der Waals surface area contributed by atoms with Gasteiger partial charge in [0.25, 0.3) is 5.91 Å². The molecule has 1 aliphatic heterocycles. The van der Waals surface area contributed by atoms with E-state index in [4.69, 9.17) is 0 Å². The Hall–Kier alpha value is -1.44. The number of amides is 1. The van der Waals surface area contributed by atoms with Gasteiger partial charge in [0.2, 0.25) is 0 Å². The fourth-order valence-corrected chi connectivity index (χ4v) is 5.04. The highest BCUT2D eigenvalue weighted by Gasteiger charge is 2.29. The van der Waals surface area contributed by atoms with Crippen molar-refractivity contribution in [3.8, 4) is 0 Å². The Morgan fingerprint density at radius 3 is 2.83 bits per heavy atom. The number of hydrogen-bond donors (Lipinski definition) is 1. The van der Waals surface area contributed by atoms with E-state index in [2.05, 4.69) is 5.32 Å². The second-order valence-corrected chi connectivity index (χ2v) is 9.22. The minimum Gasteiger partial charge on any atom is -0.333 e. The smallest absolute Gasteiger partial charge is 0.264 e. The van der Waals surface area contributed by atoms with Gasteiger partial charge in [-0.3, -0.25) is 4.79 Å². The van der Waals surface area contributed by atoms with E-state index < -0.39 is 9.84 Å². The van der Waals surface area contributed by atoms with Crippen LogP contribution in [0.5, 0.6) is 0 Å². The number of fused-ring (bicyclic) bond motifs is 1. The number of piperazine rings is 1. The Balaban J connectivity index is 2.08. The van der Waals surface area contributed by atoms with E-state index in [1.54, 1.807) is 0 Å². The van der Waals surface area contributed by atoms with E-state index >= 15 is 0 Å². The number of nitrogens with one attached hydrogen (secondary N) is 1. The first-order valence-corrected chi connectivity index (χ1v) is 10.4. The van der Waals surface area contributed by atoms with Crippen LogP contribution < -0.4 is 5.32 Å². The van der Waals surface area contributed by atoms with Crippen molar-refractivity contribution in [2.24, 2.45) is 0 Å². The Morgan fingerprint density at radius 1 is 1.39 bits per heavy atom. The number of benzene rings is 1. The highest BCUT2D eigenvalue weighted by molar-refractivity contribution is 7.89. The first-order chi connectivity index (χ1) is 10.9. The fraction of sp³-hybridized carbons (Fsp3) is 0.438. The number of nitrogens with zero attached hydrogens (tertiary/aromatic N) is 1. The van der Waals surface area contributed by atoms with E-state index in [0.717, 1.165) is 23.2 Å². The topological polar surface area (TPSA) is 66.5 Å². The van der Waals surface area contributed by atoms with Crippen molar-refractivity contribution in [3.63, 3.8) is 0 Å². The van der Waals surface area contributed by atoms with Crippen molar-refractivity contribution in [1.29, 1.82) is 0 Å². The first-order valence-electron chi connectivity index (χ1n) is 7.56. The standard InChI is InChI=1S/C16H20N2O3S2/c1-11-9-17-7-8-18(11)16(19)15-13(10-23(2,20)21)12-5-3-4-6-14(12)22-15/h3-6,11,17H,7-10H2,1-2H3. The fourth-order valence-electron chi connectivity index (χ4n) is 2.95. The molecule has 0 radical (unpaired) electrons. The van der Waals surface area contributed by atoms with Crippen LogP contribution in [0.25, 0.3) is 10.1 Å². The summed E-state index contributed by atoms with van der Waals surface area (Å²) in [7, 11) is -3.22. The molecule has 2 aromatic rings. The van der Waals surface area contributed by atoms with Gasteiger partial charge in [0.1, 0.15) is 0 Å². The van der Waals surface area contributed by atoms with Crippen LogP contribution in [0, 0.1) is 0 Å². The van der Waals surface area contributed by atoms with Crippen molar-refractivity contribution in [2.45, 2.75) is 18.7 Å². The van der Waals surface area contributed by atoms with Gasteiger partial charge < -0.3 is 10.2 Å². The third-order valence-corrected chi connectivity index (χ3v) is 6.08. The molecule has 1 amide bonds. The molecule has 23 heavy (non-hydrogen) atoms.